The van der Waals surface area contributed by atoms with E-state index in [-0.39, 0.29) is 0 Å². The van der Waals surface area contributed by atoms with E-state index in [9.17, 15) is 0 Å². The number of aromatic nitrogens is 2. The van der Waals surface area contributed by atoms with Crippen LogP contribution < -0.4 is 10.6 Å². The number of nitrogens with zero attached hydrogens (tertiary/aromatic N) is 5. The highest BCUT2D eigenvalue weighted by Gasteiger charge is 2.14. The van der Waals surface area contributed by atoms with Gasteiger partial charge >= 0.3 is 0 Å². The van der Waals surface area contributed by atoms with Gasteiger partial charge in [-0.1, -0.05) is 19.1 Å². The molecule has 7 heteroatoms. The van der Waals surface area contributed by atoms with Crippen molar-refractivity contribution in [2.24, 2.45) is 4.99 Å². The van der Waals surface area contributed by atoms with E-state index >= 15 is 0 Å². The number of hydrogen-bond acceptors (Lipinski definition) is 4. The summed E-state index contributed by atoms with van der Waals surface area (Å²) in [7, 11) is 0. The van der Waals surface area contributed by atoms with Crippen LogP contribution in [0.3, 0.4) is 0 Å². The van der Waals surface area contributed by atoms with Crippen molar-refractivity contribution in [1.29, 1.82) is 0 Å². The van der Waals surface area contributed by atoms with Crippen molar-refractivity contribution in [2.45, 2.75) is 33.1 Å². The lowest BCUT2D eigenvalue weighted by Gasteiger charge is -2.33. The third-order valence-electron chi connectivity index (χ3n) is 5.82. The van der Waals surface area contributed by atoms with Crippen LogP contribution >= 0.6 is 0 Å². The van der Waals surface area contributed by atoms with Gasteiger partial charge < -0.3 is 20.4 Å². The highest BCUT2D eigenvalue weighted by Crippen LogP contribution is 2.09. The Labute approximate surface area is 187 Å². The first-order valence-electron chi connectivity index (χ1n) is 11.8. The van der Waals surface area contributed by atoms with Crippen LogP contribution in [0.2, 0.25) is 0 Å². The van der Waals surface area contributed by atoms with Crippen LogP contribution in [0.15, 0.2) is 47.7 Å². The van der Waals surface area contributed by atoms with Gasteiger partial charge in [0, 0.05) is 58.2 Å². The average molecular weight is 426 g/mol. The molecule has 7 nitrogen and oxygen atoms in total. The van der Waals surface area contributed by atoms with Gasteiger partial charge in [-0.05, 0) is 63.0 Å². The van der Waals surface area contributed by atoms with E-state index < -0.39 is 0 Å². The van der Waals surface area contributed by atoms with Gasteiger partial charge in [-0.15, -0.1) is 0 Å². The second-order valence-electron chi connectivity index (χ2n) is 8.04. The lowest BCUT2D eigenvalue weighted by atomic mass is 10.1. The van der Waals surface area contributed by atoms with Gasteiger partial charge in [0.25, 0.3) is 0 Å². The van der Waals surface area contributed by atoms with Crippen LogP contribution in [0.5, 0.6) is 0 Å². The van der Waals surface area contributed by atoms with Crippen LogP contribution in [0.25, 0.3) is 5.69 Å². The summed E-state index contributed by atoms with van der Waals surface area (Å²) in [4.78, 5) is 9.88. The zero-order valence-corrected chi connectivity index (χ0v) is 19.3. The summed E-state index contributed by atoms with van der Waals surface area (Å²) in [5.74, 6) is 0.923. The van der Waals surface area contributed by atoms with Gasteiger partial charge in [-0.3, -0.25) is 4.99 Å². The van der Waals surface area contributed by atoms with Crippen molar-refractivity contribution >= 4 is 5.96 Å². The van der Waals surface area contributed by atoms with E-state index in [0.717, 1.165) is 44.1 Å². The van der Waals surface area contributed by atoms with Crippen molar-refractivity contribution in [3.05, 3.63) is 48.3 Å². The largest absolute Gasteiger partial charge is 0.357 e. The van der Waals surface area contributed by atoms with Gasteiger partial charge in [0.2, 0.25) is 0 Å². The molecule has 0 spiro atoms. The summed E-state index contributed by atoms with van der Waals surface area (Å²) in [6.07, 6.45) is 7.08. The molecule has 0 radical (unpaired) electrons. The molecule has 2 N–H and O–H groups in total. The Morgan fingerprint density at radius 1 is 1.00 bits per heavy atom. The van der Waals surface area contributed by atoms with Crippen molar-refractivity contribution < 1.29 is 0 Å². The molecule has 0 saturated carbocycles. The molecule has 3 rings (SSSR count). The minimum atomic E-state index is 0.870. The first-order valence-corrected chi connectivity index (χ1v) is 11.8. The van der Waals surface area contributed by atoms with Gasteiger partial charge in [-0.2, -0.15) is 5.10 Å². The Morgan fingerprint density at radius 3 is 2.45 bits per heavy atom. The van der Waals surface area contributed by atoms with Crippen LogP contribution in [0.1, 0.15) is 32.3 Å². The molecule has 1 fully saturated rings. The monoisotopic (exact) mass is 425 g/mol. The van der Waals surface area contributed by atoms with E-state index in [1.807, 2.05) is 16.9 Å². The summed E-state index contributed by atoms with van der Waals surface area (Å²) in [6.45, 7) is 14.2. The zero-order chi connectivity index (χ0) is 21.7. The Hall–Kier alpha value is -2.38. The summed E-state index contributed by atoms with van der Waals surface area (Å²) >= 11 is 0. The number of likely N-dealkylation sites (N-methyl/N-ethyl adjacent to an activating group) is 1. The Morgan fingerprint density at radius 2 is 1.77 bits per heavy atom. The number of aliphatic imine (C=N–C) groups is 1. The molecule has 1 aromatic carbocycles. The van der Waals surface area contributed by atoms with E-state index in [4.69, 9.17) is 4.99 Å². The molecule has 0 amide bonds. The van der Waals surface area contributed by atoms with Gasteiger partial charge in [0.05, 0.1) is 5.69 Å². The molecule has 0 unspecified atom stereocenters. The molecular weight excluding hydrogens is 386 g/mol. The fraction of sp³-hybridized carbons (Fsp3) is 0.583. The van der Waals surface area contributed by atoms with E-state index in [0.29, 0.717) is 0 Å². The highest BCUT2D eigenvalue weighted by atomic mass is 15.3. The standard InChI is InChI=1S/C24H39N7/c1-3-25-24(26-13-5-6-16-30-20-18-29(4-2)19-21-30)27-15-12-22-8-10-23(11-9-22)31-17-7-14-28-31/h7-11,14,17H,3-6,12-13,15-16,18-21H2,1-2H3,(H2,25,26,27). The fourth-order valence-electron chi connectivity index (χ4n) is 3.87. The topological polar surface area (TPSA) is 60.7 Å². The van der Waals surface area contributed by atoms with Crippen molar-refractivity contribution in [1.82, 2.24) is 30.2 Å². The number of piperazine rings is 1. The third kappa shape index (κ3) is 7.99. The Balaban J connectivity index is 1.33. The van der Waals surface area contributed by atoms with Crippen molar-refractivity contribution in [3.63, 3.8) is 0 Å². The molecule has 0 aliphatic carbocycles. The normalized spacial score (nSPS) is 15.9. The van der Waals surface area contributed by atoms with Crippen LogP contribution in [-0.4, -0.2) is 84.4 Å². The zero-order valence-electron chi connectivity index (χ0n) is 19.3. The minimum Gasteiger partial charge on any atom is -0.357 e. The first-order chi connectivity index (χ1) is 15.3. The molecule has 2 aromatic rings. The Kier molecular flexibility index (Phi) is 9.86. The molecule has 170 valence electrons. The number of unbranched alkanes of at least 4 members (excludes halogenated alkanes) is 1. The summed E-state index contributed by atoms with van der Waals surface area (Å²) in [6, 6.07) is 10.5. The number of hydrogen-bond donors (Lipinski definition) is 2. The SMILES string of the molecule is CCNC(=NCCCCN1CCN(CC)CC1)NCCc1ccc(-n2cccn2)cc1. The summed E-state index contributed by atoms with van der Waals surface area (Å²) < 4.78 is 1.88. The second kappa shape index (κ2) is 13.1. The van der Waals surface area contributed by atoms with Crippen LogP contribution in [0.4, 0.5) is 0 Å². The average Bonchev–Trinajstić information content (AvgIpc) is 3.35. The molecule has 1 saturated heterocycles. The van der Waals surface area contributed by atoms with E-state index in [1.165, 1.54) is 51.3 Å². The molecule has 1 aromatic heterocycles. The highest BCUT2D eigenvalue weighted by molar-refractivity contribution is 5.79. The fourth-order valence-corrected chi connectivity index (χ4v) is 3.87. The van der Waals surface area contributed by atoms with Gasteiger partial charge in [-0.25, -0.2) is 4.68 Å². The molecule has 31 heavy (non-hydrogen) atoms. The van der Waals surface area contributed by atoms with E-state index in [2.05, 4.69) is 63.6 Å². The minimum absolute atomic E-state index is 0.870. The maximum atomic E-state index is 4.76. The smallest absolute Gasteiger partial charge is 0.191 e. The molecule has 1 aliphatic heterocycles. The second-order valence-corrected chi connectivity index (χ2v) is 8.04. The summed E-state index contributed by atoms with van der Waals surface area (Å²) in [5.41, 5.74) is 2.39. The summed E-state index contributed by atoms with van der Waals surface area (Å²) in [5, 5.41) is 11.1. The van der Waals surface area contributed by atoms with Crippen LogP contribution in [0, 0.1) is 0 Å². The maximum Gasteiger partial charge on any atom is 0.191 e. The number of nitrogens with one attached hydrogen (secondary N) is 2. The maximum absolute atomic E-state index is 4.76. The predicted octanol–water partition coefficient (Wildman–Crippen LogP) is 2.39. The van der Waals surface area contributed by atoms with Crippen molar-refractivity contribution in [2.75, 3.05) is 58.9 Å². The van der Waals surface area contributed by atoms with Gasteiger partial charge in [0.15, 0.2) is 5.96 Å². The number of benzene rings is 1. The molecule has 0 bridgehead atoms. The number of guanidine groups is 1. The third-order valence-corrected chi connectivity index (χ3v) is 5.82. The lowest BCUT2D eigenvalue weighted by molar-refractivity contribution is 0.136. The molecule has 2 heterocycles. The Bertz CT molecular complexity index is 747. The predicted molar refractivity (Wildman–Crippen MR) is 129 cm³/mol. The quantitative estimate of drug-likeness (QED) is 0.329. The molecular formula is C24H39N7. The number of rotatable bonds is 11. The molecule has 0 atom stereocenters. The lowest BCUT2D eigenvalue weighted by Crippen LogP contribution is -2.46. The van der Waals surface area contributed by atoms with E-state index in [1.54, 1.807) is 6.20 Å². The van der Waals surface area contributed by atoms with Crippen LogP contribution in [-0.2, 0) is 6.42 Å². The van der Waals surface area contributed by atoms with Gasteiger partial charge in [0.1, 0.15) is 0 Å². The molecule has 1 aliphatic rings. The first kappa shape index (κ1) is 23.3. The van der Waals surface area contributed by atoms with Crippen molar-refractivity contribution in [3.8, 4) is 5.69 Å².